The van der Waals surface area contributed by atoms with Crippen LogP contribution in [0.2, 0.25) is 0 Å². The molecular weight excluding hydrogens is 294 g/mol. The third-order valence-electron chi connectivity index (χ3n) is 3.54. The van der Waals surface area contributed by atoms with E-state index in [0.29, 0.717) is 12.4 Å². The van der Waals surface area contributed by atoms with Crippen molar-refractivity contribution in [1.29, 1.82) is 0 Å². The Morgan fingerprint density at radius 1 is 1.62 bits per heavy atom. The summed E-state index contributed by atoms with van der Waals surface area (Å²) in [5.41, 5.74) is 5.43. The quantitative estimate of drug-likeness (QED) is 0.329. The van der Waals surface area contributed by atoms with Gasteiger partial charge in [0.2, 0.25) is 0 Å². The van der Waals surface area contributed by atoms with E-state index in [4.69, 9.17) is 10.9 Å². The lowest BCUT2D eigenvalue weighted by Gasteiger charge is -2.20. The summed E-state index contributed by atoms with van der Waals surface area (Å²) in [6, 6.07) is -0.00595. The standard InChI is InChI=1S/C12H21N5O3S/c1-3-16-8-12(14-9(16)2)21(19,20)17(10-4-5-10)7-6-11(13)15-18/h8,10,18H,3-7H2,1-2H3,(H2,13,15). The molecule has 1 heterocycles. The Morgan fingerprint density at radius 3 is 2.76 bits per heavy atom. The molecule has 0 radical (unpaired) electrons. The van der Waals surface area contributed by atoms with E-state index in [0.717, 1.165) is 12.8 Å². The predicted octanol–water partition coefficient (Wildman–Crippen LogP) is 0.501. The first-order chi connectivity index (χ1) is 9.90. The minimum absolute atomic E-state index is 0.00595. The van der Waals surface area contributed by atoms with Gasteiger partial charge in [0.1, 0.15) is 11.7 Å². The van der Waals surface area contributed by atoms with E-state index >= 15 is 0 Å². The van der Waals surface area contributed by atoms with Crippen molar-refractivity contribution in [2.45, 2.75) is 50.7 Å². The van der Waals surface area contributed by atoms with Crippen LogP contribution in [0.1, 0.15) is 32.0 Å². The third kappa shape index (κ3) is 3.35. The Bertz CT molecular complexity index is 633. The lowest BCUT2D eigenvalue weighted by atomic mass is 10.4. The largest absolute Gasteiger partial charge is 0.409 e. The van der Waals surface area contributed by atoms with Crippen molar-refractivity contribution in [1.82, 2.24) is 13.9 Å². The molecule has 0 aromatic carbocycles. The molecule has 1 fully saturated rings. The van der Waals surface area contributed by atoms with Crippen molar-refractivity contribution in [3.8, 4) is 0 Å². The van der Waals surface area contributed by atoms with E-state index in [1.54, 1.807) is 17.7 Å². The van der Waals surface area contributed by atoms with Gasteiger partial charge in [-0.05, 0) is 26.7 Å². The number of hydrogen-bond donors (Lipinski definition) is 2. The molecule has 0 amide bonds. The van der Waals surface area contributed by atoms with Crippen LogP contribution in [0, 0.1) is 6.92 Å². The highest BCUT2D eigenvalue weighted by molar-refractivity contribution is 7.89. The van der Waals surface area contributed by atoms with Crippen LogP contribution < -0.4 is 5.73 Å². The molecule has 1 aromatic rings. The van der Waals surface area contributed by atoms with Gasteiger partial charge in [-0.1, -0.05) is 5.16 Å². The molecule has 0 saturated heterocycles. The minimum atomic E-state index is -3.64. The lowest BCUT2D eigenvalue weighted by molar-refractivity contribution is 0.315. The van der Waals surface area contributed by atoms with Crippen molar-refractivity contribution < 1.29 is 13.6 Å². The maximum Gasteiger partial charge on any atom is 0.262 e. The fraction of sp³-hybridized carbons (Fsp3) is 0.667. The van der Waals surface area contributed by atoms with Gasteiger partial charge in [0.05, 0.1) is 0 Å². The Morgan fingerprint density at radius 2 is 2.29 bits per heavy atom. The lowest BCUT2D eigenvalue weighted by Crippen LogP contribution is -2.36. The van der Waals surface area contributed by atoms with Crippen LogP contribution in [0.5, 0.6) is 0 Å². The average molecular weight is 315 g/mol. The van der Waals surface area contributed by atoms with E-state index in [2.05, 4.69) is 10.1 Å². The molecule has 21 heavy (non-hydrogen) atoms. The van der Waals surface area contributed by atoms with Gasteiger partial charge in [-0.25, -0.2) is 13.4 Å². The minimum Gasteiger partial charge on any atom is -0.409 e. The van der Waals surface area contributed by atoms with Gasteiger partial charge in [0, 0.05) is 31.7 Å². The van der Waals surface area contributed by atoms with Crippen molar-refractivity contribution in [2.24, 2.45) is 10.9 Å². The third-order valence-corrected chi connectivity index (χ3v) is 5.36. The highest BCUT2D eigenvalue weighted by Crippen LogP contribution is 2.31. The van der Waals surface area contributed by atoms with Crippen LogP contribution in [-0.2, 0) is 16.6 Å². The second-order valence-electron chi connectivity index (χ2n) is 5.10. The molecule has 9 heteroatoms. The molecule has 0 bridgehead atoms. The zero-order valence-corrected chi connectivity index (χ0v) is 13.0. The summed E-state index contributed by atoms with van der Waals surface area (Å²) in [5.74, 6) is 0.689. The summed E-state index contributed by atoms with van der Waals surface area (Å²) in [6.45, 7) is 4.57. The summed E-state index contributed by atoms with van der Waals surface area (Å²) < 4.78 is 28.6. The van der Waals surface area contributed by atoms with Crippen LogP contribution in [0.15, 0.2) is 16.4 Å². The summed E-state index contributed by atoms with van der Waals surface area (Å²) in [7, 11) is -3.64. The monoisotopic (exact) mass is 315 g/mol. The molecular formula is C12H21N5O3S. The zero-order valence-electron chi connectivity index (χ0n) is 12.2. The maximum atomic E-state index is 12.7. The zero-order chi connectivity index (χ0) is 15.6. The van der Waals surface area contributed by atoms with Gasteiger partial charge in [-0.15, -0.1) is 0 Å². The molecule has 8 nitrogen and oxygen atoms in total. The summed E-state index contributed by atoms with van der Waals surface area (Å²) in [5, 5.41) is 11.5. The van der Waals surface area contributed by atoms with Crippen molar-refractivity contribution in [3.63, 3.8) is 0 Å². The van der Waals surface area contributed by atoms with Crippen LogP contribution in [0.4, 0.5) is 0 Å². The SMILES string of the molecule is CCn1cc(S(=O)(=O)N(CCC(N)=NO)C2CC2)nc1C. The highest BCUT2D eigenvalue weighted by atomic mass is 32.2. The van der Waals surface area contributed by atoms with Crippen molar-refractivity contribution >= 4 is 15.9 Å². The van der Waals surface area contributed by atoms with Gasteiger partial charge >= 0.3 is 0 Å². The summed E-state index contributed by atoms with van der Waals surface area (Å²) in [4.78, 5) is 4.15. The molecule has 1 aliphatic rings. The number of aromatic nitrogens is 2. The topological polar surface area (TPSA) is 114 Å². The second kappa shape index (κ2) is 6.02. The average Bonchev–Trinajstić information content (AvgIpc) is 3.20. The normalized spacial score (nSPS) is 16.6. The van der Waals surface area contributed by atoms with Crippen LogP contribution in [0.25, 0.3) is 0 Å². The molecule has 3 N–H and O–H groups in total. The van der Waals surface area contributed by atoms with E-state index < -0.39 is 10.0 Å². The number of imidazole rings is 1. The van der Waals surface area contributed by atoms with Gasteiger partial charge in [0.25, 0.3) is 10.0 Å². The summed E-state index contributed by atoms with van der Waals surface area (Å²) >= 11 is 0. The van der Waals surface area contributed by atoms with Crippen LogP contribution in [-0.4, -0.2) is 45.9 Å². The Balaban J connectivity index is 2.24. The number of sulfonamides is 1. The second-order valence-corrected chi connectivity index (χ2v) is 6.94. The molecule has 2 rings (SSSR count). The first kappa shape index (κ1) is 15.8. The van der Waals surface area contributed by atoms with Crippen molar-refractivity contribution in [2.75, 3.05) is 6.54 Å². The Kier molecular flexibility index (Phi) is 4.52. The fourth-order valence-electron chi connectivity index (χ4n) is 2.18. The number of aryl methyl sites for hydroxylation is 2. The number of nitrogens with zero attached hydrogens (tertiary/aromatic N) is 4. The number of nitrogens with two attached hydrogens (primary N) is 1. The molecule has 1 aliphatic carbocycles. The van der Waals surface area contributed by atoms with Gasteiger partial charge < -0.3 is 15.5 Å². The number of hydrogen-bond acceptors (Lipinski definition) is 5. The number of oxime groups is 1. The first-order valence-corrected chi connectivity index (χ1v) is 8.36. The maximum absolute atomic E-state index is 12.7. The van der Waals surface area contributed by atoms with Crippen LogP contribution in [0.3, 0.4) is 0 Å². The number of amidine groups is 1. The molecule has 118 valence electrons. The molecule has 0 spiro atoms. The smallest absolute Gasteiger partial charge is 0.262 e. The Hall–Kier alpha value is -1.61. The molecule has 0 unspecified atom stereocenters. The van der Waals surface area contributed by atoms with Gasteiger partial charge in [-0.2, -0.15) is 4.31 Å². The van der Waals surface area contributed by atoms with Crippen LogP contribution >= 0.6 is 0 Å². The predicted molar refractivity (Wildman–Crippen MR) is 77.6 cm³/mol. The fourth-order valence-corrected chi connectivity index (χ4v) is 3.86. The first-order valence-electron chi connectivity index (χ1n) is 6.92. The molecule has 1 aromatic heterocycles. The Labute approximate surface area is 124 Å². The van der Waals surface area contributed by atoms with E-state index in [9.17, 15) is 8.42 Å². The van der Waals surface area contributed by atoms with Gasteiger partial charge in [-0.3, -0.25) is 0 Å². The van der Waals surface area contributed by atoms with Crippen molar-refractivity contribution in [3.05, 3.63) is 12.0 Å². The molecule has 0 atom stereocenters. The van der Waals surface area contributed by atoms with E-state index in [1.807, 2.05) is 6.92 Å². The van der Waals surface area contributed by atoms with E-state index in [1.165, 1.54) is 4.31 Å². The van der Waals surface area contributed by atoms with E-state index in [-0.39, 0.29) is 29.9 Å². The van der Waals surface area contributed by atoms with Gasteiger partial charge in [0.15, 0.2) is 5.03 Å². The summed E-state index contributed by atoms with van der Waals surface area (Å²) in [6.07, 6.45) is 3.43. The molecule has 0 aliphatic heterocycles. The highest BCUT2D eigenvalue weighted by Gasteiger charge is 2.39. The molecule has 1 saturated carbocycles. The number of rotatable bonds is 7.